The van der Waals surface area contributed by atoms with E-state index in [0.29, 0.717) is 0 Å². The van der Waals surface area contributed by atoms with Crippen molar-refractivity contribution in [3.05, 3.63) is 0 Å². The van der Waals surface area contributed by atoms with Gasteiger partial charge in [-0.3, -0.25) is 4.55 Å². The van der Waals surface area contributed by atoms with E-state index < -0.39 is 10.4 Å². The van der Waals surface area contributed by atoms with E-state index in [1.165, 1.54) is 0 Å². The Morgan fingerprint density at radius 1 is 1.57 bits per heavy atom. The smallest absolute Gasteiger partial charge is 0.263 e. The fraction of sp³-hybridized carbons (Fsp3) is 0. The van der Waals surface area contributed by atoms with Crippen molar-refractivity contribution in [2.75, 3.05) is 0 Å². The average Bonchev–Trinajstić information content (AvgIpc) is 1.35. The molecule has 0 saturated carbocycles. The minimum Gasteiger partial charge on any atom is -0.263 e. The first-order valence-electron chi connectivity index (χ1n) is 0.837. The van der Waals surface area contributed by atoms with E-state index in [2.05, 4.69) is 15.6 Å². The molecule has 0 spiro atoms. The minimum atomic E-state index is -4.40. The van der Waals surface area contributed by atoms with E-state index in [9.17, 15) is 8.42 Å². The molecular weight excluding hydrogens is 155 g/mol. The van der Waals surface area contributed by atoms with Crippen LogP contribution in [-0.4, -0.2) is 42.5 Å². The van der Waals surface area contributed by atoms with Gasteiger partial charge in [0.05, 0.1) is 11.9 Å². The van der Waals surface area contributed by atoms with Gasteiger partial charge in [-0.2, -0.15) is 8.42 Å². The summed E-state index contributed by atoms with van der Waals surface area (Å²) in [6.45, 7) is 0. The Kier molecular flexibility index (Phi) is 6.43. The van der Waals surface area contributed by atoms with Crippen molar-refractivity contribution >= 4 is 51.8 Å². The summed E-state index contributed by atoms with van der Waals surface area (Å²) in [5.41, 5.74) is 0. The minimum absolute atomic E-state index is 0. The summed E-state index contributed by atoms with van der Waals surface area (Å²) in [5, 5.41) is 0. The predicted molar refractivity (Wildman–Crippen MR) is 24.2 cm³/mol. The van der Waals surface area contributed by atoms with Gasteiger partial charge in [-0.15, -0.1) is 3.74 Å². The number of hydrogen-bond acceptors (Lipinski definition) is 3. The zero-order chi connectivity index (χ0) is 5.21. The molecule has 0 atom stereocenters. The number of rotatable bonds is 1. The second-order valence-electron chi connectivity index (χ2n) is 0.491. The van der Waals surface area contributed by atoms with E-state index >= 15 is 0 Å². The van der Waals surface area contributed by atoms with Gasteiger partial charge in [-0.1, -0.05) is 0 Å². The molecule has 0 aromatic carbocycles. The third-order valence-electron chi connectivity index (χ3n) is 0.0796. The fourth-order valence-electron chi connectivity index (χ4n) is 0. The van der Waals surface area contributed by atoms with E-state index in [-0.39, 0.29) is 29.6 Å². The second kappa shape index (κ2) is 4.08. The number of halogens is 1. The van der Waals surface area contributed by atoms with Crippen molar-refractivity contribution in [2.24, 2.45) is 0 Å². The van der Waals surface area contributed by atoms with Gasteiger partial charge in [-0.05, 0) is 0 Å². The molecule has 0 aliphatic rings. The van der Waals surface area contributed by atoms with Crippen LogP contribution in [0.25, 0.3) is 0 Å². The third kappa shape index (κ3) is 11.0. The molecule has 7 heavy (non-hydrogen) atoms. The molecule has 1 N–H and O–H groups in total. The first-order chi connectivity index (χ1) is 2.56. The second-order valence-corrected chi connectivity index (χ2v) is 1.85. The van der Waals surface area contributed by atoms with Gasteiger partial charge in [0.15, 0.2) is 0 Å². The molecule has 0 rings (SSSR count). The molecule has 39 valence electrons. The largest absolute Gasteiger partial charge is 0.413 e. The van der Waals surface area contributed by atoms with Crippen LogP contribution in [0.1, 0.15) is 0 Å². The predicted octanol–water partition coefficient (Wildman–Crippen LogP) is -0.421. The fourth-order valence-corrected chi connectivity index (χ4v) is 0. The van der Waals surface area contributed by atoms with Crippen molar-refractivity contribution in [1.82, 2.24) is 0 Å². The van der Waals surface area contributed by atoms with Crippen LogP contribution < -0.4 is 0 Å². The molecule has 7 heteroatoms. The van der Waals surface area contributed by atoms with Gasteiger partial charge in [0.2, 0.25) is 0 Å². The van der Waals surface area contributed by atoms with Crippen LogP contribution >= 0.6 is 11.9 Å². The Hall–Kier alpha value is 1.16. The Bertz CT molecular complexity index is 114. The molecule has 4 nitrogen and oxygen atoms in total. The molecule has 0 saturated heterocycles. The number of hydrogen-bond donors (Lipinski definition) is 1. The van der Waals surface area contributed by atoms with Crippen LogP contribution in [0.15, 0.2) is 0 Å². The maximum atomic E-state index is 9.20. The van der Waals surface area contributed by atoms with Crippen LogP contribution in [0.5, 0.6) is 0 Å². The van der Waals surface area contributed by atoms with Crippen LogP contribution in [0.2, 0.25) is 0 Å². The van der Waals surface area contributed by atoms with E-state index in [1.54, 1.807) is 0 Å². The SMILES string of the molecule is O=S(=O)(O)OCl.[Na]. The van der Waals surface area contributed by atoms with Crippen LogP contribution in [-0.2, 0) is 14.1 Å². The molecule has 0 amide bonds. The van der Waals surface area contributed by atoms with Gasteiger partial charge < -0.3 is 0 Å². The summed E-state index contributed by atoms with van der Waals surface area (Å²) >= 11 is 4.14. The topological polar surface area (TPSA) is 63.6 Å². The van der Waals surface area contributed by atoms with Crippen LogP contribution in [0.3, 0.4) is 0 Å². The molecule has 0 heterocycles. The van der Waals surface area contributed by atoms with E-state index in [4.69, 9.17) is 4.55 Å². The zero-order valence-corrected chi connectivity index (χ0v) is 7.03. The first-order valence-corrected chi connectivity index (χ1v) is 2.51. The van der Waals surface area contributed by atoms with Crippen molar-refractivity contribution < 1.29 is 16.7 Å². The van der Waals surface area contributed by atoms with Crippen LogP contribution in [0, 0.1) is 0 Å². The Morgan fingerprint density at radius 3 is 1.71 bits per heavy atom. The van der Waals surface area contributed by atoms with Gasteiger partial charge in [0, 0.05) is 29.6 Å². The maximum Gasteiger partial charge on any atom is 0.413 e. The van der Waals surface area contributed by atoms with E-state index in [1.807, 2.05) is 0 Å². The summed E-state index contributed by atoms with van der Waals surface area (Å²) in [6, 6.07) is 0. The van der Waals surface area contributed by atoms with Crippen molar-refractivity contribution in [1.29, 1.82) is 0 Å². The third-order valence-corrected chi connectivity index (χ3v) is 0.716. The van der Waals surface area contributed by atoms with Gasteiger partial charge in [0.25, 0.3) is 0 Å². The Labute approximate surface area is 68.2 Å². The zero-order valence-electron chi connectivity index (χ0n) is 3.46. The summed E-state index contributed by atoms with van der Waals surface area (Å²) in [7, 11) is -4.40. The van der Waals surface area contributed by atoms with Gasteiger partial charge >= 0.3 is 10.4 Å². The Morgan fingerprint density at radius 2 is 1.71 bits per heavy atom. The molecule has 0 bridgehead atoms. The summed E-state index contributed by atoms with van der Waals surface area (Å²) in [6.07, 6.45) is 0. The quantitative estimate of drug-likeness (QED) is 0.413. The normalized spacial score (nSPS) is 10.0. The van der Waals surface area contributed by atoms with Gasteiger partial charge in [0.1, 0.15) is 0 Å². The molecule has 0 fully saturated rings. The summed E-state index contributed by atoms with van der Waals surface area (Å²) in [5.74, 6) is 0. The van der Waals surface area contributed by atoms with Crippen molar-refractivity contribution in [3.63, 3.8) is 0 Å². The molecule has 0 aromatic rings. The molecule has 0 unspecified atom stereocenters. The average molecular weight is 156 g/mol. The molecular formula is HClNaO4S. The summed E-state index contributed by atoms with van der Waals surface area (Å²) in [4.78, 5) is 0. The van der Waals surface area contributed by atoms with Crippen molar-refractivity contribution in [3.8, 4) is 0 Å². The van der Waals surface area contributed by atoms with Crippen molar-refractivity contribution in [2.45, 2.75) is 0 Å². The monoisotopic (exact) mass is 155 g/mol. The Balaban J connectivity index is 0. The van der Waals surface area contributed by atoms with Gasteiger partial charge in [-0.25, -0.2) is 0 Å². The van der Waals surface area contributed by atoms with Crippen LogP contribution in [0.4, 0.5) is 0 Å². The molecule has 0 aromatic heterocycles. The molecule has 0 aliphatic heterocycles. The summed E-state index contributed by atoms with van der Waals surface area (Å²) < 4.78 is 28.8. The molecule has 0 aliphatic carbocycles. The molecule has 1 radical (unpaired) electrons. The maximum absolute atomic E-state index is 9.20. The first kappa shape index (κ1) is 11.0. The standard InChI is InChI=1S/ClHO4S.Na/c1-5-6(2,3)4;/h(H,2,3,4);. The van der Waals surface area contributed by atoms with E-state index in [0.717, 1.165) is 0 Å².